The molecule has 0 atom stereocenters. The van der Waals surface area contributed by atoms with Gasteiger partial charge in [0.2, 0.25) is 0 Å². The summed E-state index contributed by atoms with van der Waals surface area (Å²) in [6.07, 6.45) is 0. The SMILES string of the molecule is Cc1c(COc2ccc(CNC(C)(CO)CO)cc2[N+](=O)[O-])cccc1-c1ccccc1. The lowest BCUT2D eigenvalue weighted by molar-refractivity contribution is -0.386. The summed E-state index contributed by atoms with van der Waals surface area (Å²) in [7, 11) is 0. The molecule has 168 valence electrons. The summed E-state index contributed by atoms with van der Waals surface area (Å²) in [6, 6.07) is 20.8. The van der Waals surface area contributed by atoms with Gasteiger partial charge in [-0.05, 0) is 47.7 Å². The second kappa shape index (κ2) is 10.4. The number of nitro benzene ring substituents is 1. The molecule has 32 heavy (non-hydrogen) atoms. The van der Waals surface area contributed by atoms with Crippen molar-refractivity contribution in [2.45, 2.75) is 32.5 Å². The quantitative estimate of drug-likeness (QED) is 0.328. The second-order valence-electron chi connectivity index (χ2n) is 8.03. The normalized spacial score (nSPS) is 11.4. The largest absolute Gasteiger partial charge is 0.482 e. The molecule has 3 N–H and O–H groups in total. The van der Waals surface area contributed by atoms with Crippen LogP contribution in [0.1, 0.15) is 23.6 Å². The Kier molecular flexibility index (Phi) is 7.58. The van der Waals surface area contributed by atoms with Gasteiger partial charge in [-0.1, -0.05) is 54.6 Å². The zero-order valence-corrected chi connectivity index (χ0v) is 18.2. The van der Waals surface area contributed by atoms with Crippen LogP contribution in [0.15, 0.2) is 66.7 Å². The molecule has 0 heterocycles. The van der Waals surface area contributed by atoms with E-state index in [4.69, 9.17) is 4.74 Å². The maximum absolute atomic E-state index is 11.6. The predicted molar refractivity (Wildman–Crippen MR) is 123 cm³/mol. The van der Waals surface area contributed by atoms with Crippen LogP contribution in [0.4, 0.5) is 5.69 Å². The Morgan fingerprint density at radius 2 is 1.75 bits per heavy atom. The maximum atomic E-state index is 11.6. The Morgan fingerprint density at radius 1 is 1.03 bits per heavy atom. The summed E-state index contributed by atoms with van der Waals surface area (Å²) >= 11 is 0. The number of ether oxygens (including phenoxy) is 1. The lowest BCUT2D eigenvalue weighted by Gasteiger charge is -2.26. The van der Waals surface area contributed by atoms with E-state index in [0.717, 1.165) is 22.3 Å². The molecule has 0 amide bonds. The van der Waals surface area contributed by atoms with Gasteiger partial charge in [0.1, 0.15) is 6.61 Å². The molecule has 7 heteroatoms. The van der Waals surface area contributed by atoms with E-state index < -0.39 is 10.5 Å². The van der Waals surface area contributed by atoms with Crippen molar-refractivity contribution in [2.75, 3.05) is 13.2 Å². The number of hydrogen-bond acceptors (Lipinski definition) is 6. The highest BCUT2D eigenvalue weighted by Crippen LogP contribution is 2.31. The van der Waals surface area contributed by atoms with Crippen LogP contribution in [-0.4, -0.2) is 33.9 Å². The third-order valence-corrected chi connectivity index (χ3v) is 5.55. The Bertz CT molecular complexity index is 1070. The summed E-state index contributed by atoms with van der Waals surface area (Å²) in [5.74, 6) is 0.190. The van der Waals surface area contributed by atoms with Gasteiger partial charge in [-0.15, -0.1) is 0 Å². The lowest BCUT2D eigenvalue weighted by Crippen LogP contribution is -2.48. The molecule has 3 aromatic carbocycles. The number of nitrogens with zero attached hydrogens (tertiary/aromatic N) is 1. The molecule has 0 spiro atoms. The fraction of sp³-hybridized carbons (Fsp3) is 0.280. The van der Waals surface area contributed by atoms with Crippen molar-refractivity contribution in [1.82, 2.24) is 5.32 Å². The summed E-state index contributed by atoms with van der Waals surface area (Å²) in [5, 5.41) is 33.4. The second-order valence-corrected chi connectivity index (χ2v) is 8.03. The lowest BCUT2D eigenvalue weighted by atomic mass is 9.97. The first kappa shape index (κ1) is 23.4. The number of aliphatic hydroxyl groups is 2. The molecular weight excluding hydrogens is 408 g/mol. The molecule has 0 saturated carbocycles. The minimum absolute atomic E-state index is 0.129. The molecule has 0 radical (unpaired) electrons. The van der Waals surface area contributed by atoms with Crippen LogP contribution in [0.2, 0.25) is 0 Å². The van der Waals surface area contributed by atoms with Crippen LogP contribution < -0.4 is 10.1 Å². The Balaban J connectivity index is 1.77. The Morgan fingerprint density at radius 3 is 2.41 bits per heavy atom. The van der Waals surface area contributed by atoms with Crippen molar-refractivity contribution in [3.8, 4) is 16.9 Å². The average molecular weight is 437 g/mol. The van der Waals surface area contributed by atoms with Crippen LogP contribution in [0.5, 0.6) is 5.75 Å². The summed E-state index contributed by atoms with van der Waals surface area (Å²) in [5.41, 5.74) is 3.87. The number of aliphatic hydroxyl groups excluding tert-OH is 2. The van der Waals surface area contributed by atoms with E-state index in [1.807, 2.05) is 55.5 Å². The van der Waals surface area contributed by atoms with E-state index in [-0.39, 0.29) is 37.8 Å². The van der Waals surface area contributed by atoms with Crippen molar-refractivity contribution in [2.24, 2.45) is 0 Å². The molecular formula is C25H28N2O5. The van der Waals surface area contributed by atoms with E-state index in [9.17, 15) is 20.3 Å². The van der Waals surface area contributed by atoms with Crippen LogP contribution in [-0.2, 0) is 13.2 Å². The maximum Gasteiger partial charge on any atom is 0.311 e. The standard InChI is InChI=1S/C25H28N2O5/c1-18-21(9-6-10-22(18)20-7-4-3-5-8-20)15-32-24-12-11-19(13-23(24)27(30)31)14-26-25(2,16-28)17-29/h3-13,26,28-29H,14-17H2,1-2H3. The highest BCUT2D eigenvalue weighted by atomic mass is 16.6. The molecule has 0 aliphatic carbocycles. The number of nitro groups is 1. The third kappa shape index (κ3) is 5.50. The summed E-state index contributed by atoms with van der Waals surface area (Å²) in [6.45, 7) is 3.64. The fourth-order valence-electron chi connectivity index (χ4n) is 3.34. The molecule has 3 rings (SSSR count). The van der Waals surface area contributed by atoms with Crippen molar-refractivity contribution in [1.29, 1.82) is 0 Å². The van der Waals surface area contributed by atoms with Crippen LogP contribution in [0, 0.1) is 17.0 Å². The van der Waals surface area contributed by atoms with Crippen LogP contribution >= 0.6 is 0 Å². The monoisotopic (exact) mass is 436 g/mol. The third-order valence-electron chi connectivity index (χ3n) is 5.55. The van der Waals surface area contributed by atoms with Crippen molar-refractivity contribution < 1.29 is 19.9 Å². The van der Waals surface area contributed by atoms with E-state index in [1.54, 1.807) is 19.1 Å². The minimum atomic E-state index is -0.870. The predicted octanol–water partition coefficient (Wildman–Crippen LogP) is 3.98. The zero-order valence-electron chi connectivity index (χ0n) is 18.2. The average Bonchev–Trinajstić information content (AvgIpc) is 2.82. The first-order valence-electron chi connectivity index (χ1n) is 10.4. The van der Waals surface area contributed by atoms with Gasteiger partial charge in [0.25, 0.3) is 0 Å². The highest BCUT2D eigenvalue weighted by Gasteiger charge is 2.22. The zero-order chi connectivity index (χ0) is 23.1. The van der Waals surface area contributed by atoms with Crippen LogP contribution in [0.3, 0.4) is 0 Å². The summed E-state index contributed by atoms with van der Waals surface area (Å²) < 4.78 is 5.86. The van der Waals surface area contributed by atoms with Gasteiger partial charge in [-0.2, -0.15) is 0 Å². The molecule has 0 fully saturated rings. The smallest absolute Gasteiger partial charge is 0.311 e. The molecule has 0 aliphatic heterocycles. The number of hydrogen-bond donors (Lipinski definition) is 3. The molecule has 7 nitrogen and oxygen atoms in total. The molecule has 0 unspecified atom stereocenters. The fourth-order valence-corrected chi connectivity index (χ4v) is 3.34. The van der Waals surface area contributed by atoms with Crippen molar-refractivity contribution >= 4 is 5.69 Å². The molecule has 0 aliphatic rings. The molecule has 0 bridgehead atoms. The van der Waals surface area contributed by atoms with E-state index in [2.05, 4.69) is 5.32 Å². The van der Waals surface area contributed by atoms with Gasteiger partial charge < -0.3 is 20.3 Å². The number of rotatable bonds is 10. The Hall–Kier alpha value is -3.26. The first-order valence-corrected chi connectivity index (χ1v) is 10.4. The number of nitrogens with one attached hydrogen (secondary N) is 1. The van der Waals surface area contributed by atoms with Gasteiger partial charge in [-0.3, -0.25) is 10.1 Å². The van der Waals surface area contributed by atoms with Crippen molar-refractivity contribution in [3.63, 3.8) is 0 Å². The van der Waals surface area contributed by atoms with Gasteiger partial charge in [0.05, 0.1) is 23.7 Å². The molecule has 3 aromatic rings. The van der Waals surface area contributed by atoms with E-state index in [0.29, 0.717) is 5.56 Å². The first-order chi connectivity index (χ1) is 15.4. The topological polar surface area (TPSA) is 105 Å². The van der Waals surface area contributed by atoms with Crippen molar-refractivity contribution in [3.05, 3.63) is 93.5 Å². The van der Waals surface area contributed by atoms with Gasteiger partial charge in [0, 0.05) is 12.6 Å². The van der Waals surface area contributed by atoms with Gasteiger partial charge in [0.15, 0.2) is 5.75 Å². The molecule has 0 aromatic heterocycles. The van der Waals surface area contributed by atoms with Crippen LogP contribution in [0.25, 0.3) is 11.1 Å². The van der Waals surface area contributed by atoms with Gasteiger partial charge >= 0.3 is 5.69 Å². The molecule has 0 saturated heterocycles. The minimum Gasteiger partial charge on any atom is -0.482 e. The Labute approximate surface area is 187 Å². The number of benzene rings is 3. The summed E-state index contributed by atoms with van der Waals surface area (Å²) in [4.78, 5) is 11.2. The van der Waals surface area contributed by atoms with E-state index >= 15 is 0 Å². The van der Waals surface area contributed by atoms with Gasteiger partial charge in [-0.25, -0.2) is 0 Å². The van der Waals surface area contributed by atoms with E-state index in [1.165, 1.54) is 6.07 Å². The highest BCUT2D eigenvalue weighted by molar-refractivity contribution is 5.68.